The predicted molar refractivity (Wildman–Crippen MR) is 76.8 cm³/mol. The average molecular weight is 295 g/mol. The summed E-state index contributed by atoms with van der Waals surface area (Å²) in [4.78, 5) is 21.9. The topological polar surface area (TPSA) is 103 Å². The first-order valence-corrected chi connectivity index (χ1v) is 6.59. The molecule has 0 saturated heterocycles. The third-order valence-electron chi connectivity index (χ3n) is 3.02. The van der Waals surface area contributed by atoms with Gasteiger partial charge in [0, 0.05) is 20.3 Å². The Balaban J connectivity index is 2.12. The first-order chi connectivity index (χ1) is 10.1. The Morgan fingerprint density at radius 2 is 2.29 bits per heavy atom. The molecular weight excluding hydrogens is 278 g/mol. The van der Waals surface area contributed by atoms with E-state index in [-0.39, 0.29) is 18.2 Å². The number of ether oxygens (including phenoxy) is 2. The number of fused-ring (bicyclic) bond motifs is 1. The second kappa shape index (κ2) is 6.89. The van der Waals surface area contributed by atoms with Gasteiger partial charge in [0.1, 0.15) is 5.69 Å². The number of rotatable bonds is 7. The Hall–Kier alpha value is -2.35. The van der Waals surface area contributed by atoms with Gasteiger partial charge in [-0.15, -0.1) is 0 Å². The molecule has 1 aliphatic heterocycles. The molecule has 1 aliphatic rings. The maximum atomic E-state index is 11.3. The van der Waals surface area contributed by atoms with E-state index in [4.69, 9.17) is 9.47 Å². The molecule has 0 saturated carbocycles. The van der Waals surface area contributed by atoms with Crippen LogP contribution in [0, 0.1) is 10.1 Å². The maximum absolute atomic E-state index is 11.3. The molecule has 2 rings (SSSR count). The Kier molecular flexibility index (Phi) is 4.94. The Morgan fingerprint density at radius 1 is 1.48 bits per heavy atom. The van der Waals surface area contributed by atoms with Crippen LogP contribution in [0.3, 0.4) is 0 Å². The molecule has 0 spiro atoms. The SMILES string of the molecule is COCCCCNc1cc2c(cc1[N+](=O)[O-])OCC(=O)N2. The van der Waals surface area contributed by atoms with Gasteiger partial charge >= 0.3 is 0 Å². The fourth-order valence-electron chi connectivity index (χ4n) is 2.00. The minimum absolute atomic E-state index is 0.0726. The van der Waals surface area contributed by atoms with Gasteiger partial charge in [-0.3, -0.25) is 14.9 Å². The van der Waals surface area contributed by atoms with Gasteiger partial charge in [-0.2, -0.15) is 0 Å². The molecule has 0 radical (unpaired) electrons. The lowest BCUT2D eigenvalue weighted by atomic mass is 10.2. The number of anilines is 2. The van der Waals surface area contributed by atoms with E-state index in [9.17, 15) is 14.9 Å². The van der Waals surface area contributed by atoms with E-state index in [0.29, 0.717) is 30.3 Å². The first kappa shape index (κ1) is 15.0. The quantitative estimate of drug-likeness (QED) is 0.451. The minimum Gasteiger partial charge on any atom is -0.481 e. The van der Waals surface area contributed by atoms with E-state index in [1.54, 1.807) is 7.11 Å². The standard InChI is InChI=1S/C13H17N3O5/c1-20-5-3-2-4-14-9-6-10-12(7-11(9)16(18)19)21-8-13(17)15-10/h6-7,14H,2-5,8H2,1H3,(H,15,17). The number of nitro groups is 1. The smallest absolute Gasteiger partial charge is 0.296 e. The van der Waals surface area contributed by atoms with Crippen molar-refractivity contribution in [1.82, 2.24) is 0 Å². The van der Waals surface area contributed by atoms with E-state index in [0.717, 1.165) is 12.8 Å². The zero-order valence-corrected chi connectivity index (χ0v) is 11.7. The van der Waals surface area contributed by atoms with Crippen molar-refractivity contribution in [2.45, 2.75) is 12.8 Å². The van der Waals surface area contributed by atoms with Gasteiger partial charge in [-0.25, -0.2) is 0 Å². The summed E-state index contributed by atoms with van der Waals surface area (Å²) in [7, 11) is 1.63. The van der Waals surface area contributed by atoms with Crippen LogP contribution < -0.4 is 15.4 Å². The normalized spacial score (nSPS) is 13.1. The van der Waals surface area contributed by atoms with Gasteiger partial charge in [0.25, 0.3) is 11.6 Å². The highest BCUT2D eigenvalue weighted by molar-refractivity contribution is 5.96. The zero-order chi connectivity index (χ0) is 15.2. The van der Waals surface area contributed by atoms with Gasteiger partial charge in [0.05, 0.1) is 16.7 Å². The molecule has 0 aliphatic carbocycles. The highest BCUT2D eigenvalue weighted by atomic mass is 16.6. The molecule has 0 fully saturated rings. The lowest BCUT2D eigenvalue weighted by molar-refractivity contribution is -0.384. The maximum Gasteiger partial charge on any atom is 0.296 e. The lowest BCUT2D eigenvalue weighted by Gasteiger charge is -2.19. The summed E-state index contributed by atoms with van der Waals surface area (Å²) in [6.45, 7) is 1.10. The molecule has 21 heavy (non-hydrogen) atoms. The molecule has 0 aromatic heterocycles. The Bertz CT molecular complexity index is 547. The van der Waals surface area contributed by atoms with Crippen molar-refractivity contribution >= 4 is 23.0 Å². The monoisotopic (exact) mass is 295 g/mol. The highest BCUT2D eigenvalue weighted by Crippen LogP contribution is 2.37. The number of nitrogens with one attached hydrogen (secondary N) is 2. The van der Waals surface area contributed by atoms with Crippen LogP contribution >= 0.6 is 0 Å². The number of carbonyl (C=O) groups is 1. The van der Waals surface area contributed by atoms with E-state index in [1.165, 1.54) is 12.1 Å². The third-order valence-corrected chi connectivity index (χ3v) is 3.02. The number of methoxy groups -OCH3 is 1. The van der Waals surface area contributed by atoms with Crippen molar-refractivity contribution in [3.63, 3.8) is 0 Å². The van der Waals surface area contributed by atoms with Crippen LogP contribution in [0.4, 0.5) is 17.1 Å². The van der Waals surface area contributed by atoms with Gasteiger partial charge in [-0.05, 0) is 18.9 Å². The van der Waals surface area contributed by atoms with Crippen molar-refractivity contribution in [3.05, 3.63) is 22.2 Å². The molecule has 0 bridgehead atoms. The Morgan fingerprint density at radius 3 is 3.00 bits per heavy atom. The van der Waals surface area contributed by atoms with Crippen molar-refractivity contribution in [3.8, 4) is 5.75 Å². The largest absolute Gasteiger partial charge is 0.481 e. The summed E-state index contributed by atoms with van der Waals surface area (Å²) >= 11 is 0. The van der Waals surface area contributed by atoms with Crippen molar-refractivity contribution in [2.75, 3.05) is 37.5 Å². The number of benzene rings is 1. The van der Waals surface area contributed by atoms with Crippen LogP contribution in [0.1, 0.15) is 12.8 Å². The number of unbranched alkanes of at least 4 members (excludes halogenated alkanes) is 1. The van der Waals surface area contributed by atoms with E-state index < -0.39 is 4.92 Å². The van der Waals surface area contributed by atoms with E-state index in [1.807, 2.05) is 0 Å². The molecule has 1 amide bonds. The lowest BCUT2D eigenvalue weighted by Crippen LogP contribution is -2.25. The molecule has 8 heteroatoms. The van der Waals surface area contributed by atoms with E-state index in [2.05, 4.69) is 10.6 Å². The first-order valence-electron chi connectivity index (χ1n) is 6.59. The third kappa shape index (κ3) is 3.82. The van der Waals surface area contributed by atoms with Crippen LogP contribution in [0.15, 0.2) is 12.1 Å². The molecule has 8 nitrogen and oxygen atoms in total. The van der Waals surface area contributed by atoms with Crippen LogP contribution in [0.25, 0.3) is 0 Å². The molecule has 1 heterocycles. The molecule has 0 unspecified atom stereocenters. The number of hydrogen-bond donors (Lipinski definition) is 2. The van der Waals surface area contributed by atoms with Crippen molar-refractivity contribution in [2.24, 2.45) is 0 Å². The Labute approximate surface area is 121 Å². The second-order valence-corrected chi connectivity index (χ2v) is 4.59. The van der Waals surface area contributed by atoms with Crippen LogP contribution in [0.2, 0.25) is 0 Å². The molecule has 1 aromatic carbocycles. The van der Waals surface area contributed by atoms with Crippen LogP contribution in [-0.4, -0.2) is 37.7 Å². The summed E-state index contributed by atoms with van der Waals surface area (Å²) in [6, 6.07) is 2.85. The number of hydrogen-bond acceptors (Lipinski definition) is 6. The van der Waals surface area contributed by atoms with Crippen LogP contribution in [-0.2, 0) is 9.53 Å². The molecule has 114 valence electrons. The molecule has 2 N–H and O–H groups in total. The second-order valence-electron chi connectivity index (χ2n) is 4.59. The average Bonchev–Trinajstić information content (AvgIpc) is 2.46. The van der Waals surface area contributed by atoms with E-state index >= 15 is 0 Å². The van der Waals surface area contributed by atoms with Gasteiger partial charge in [0.15, 0.2) is 12.4 Å². The zero-order valence-electron chi connectivity index (χ0n) is 11.7. The summed E-state index contributed by atoms with van der Waals surface area (Å²) in [5, 5.41) is 16.8. The van der Waals surface area contributed by atoms with Gasteiger partial charge in [0.2, 0.25) is 0 Å². The fourth-order valence-corrected chi connectivity index (χ4v) is 2.00. The van der Waals surface area contributed by atoms with Crippen molar-refractivity contribution in [1.29, 1.82) is 0 Å². The van der Waals surface area contributed by atoms with Crippen molar-refractivity contribution < 1.29 is 19.2 Å². The fraction of sp³-hybridized carbons (Fsp3) is 0.462. The summed E-state index contributed by atoms with van der Waals surface area (Å²) < 4.78 is 10.1. The number of nitrogens with zero attached hydrogens (tertiary/aromatic N) is 1. The minimum atomic E-state index is -0.475. The summed E-state index contributed by atoms with van der Waals surface area (Å²) in [5.41, 5.74) is 0.731. The number of nitro benzene ring substituents is 1. The number of carbonyl (C=O) groups excluding carboxylic acids is 1. The number of amides is 1. The molecule has 0 atom stereocenters. The molecule has 1 aromatic rings. The van der Waals surface area contributed by atoms with Gasteiger partial charge in [-0.1, -0.05) is 0 Å². The predicted octanol–water partition coefficient (Wildman–Crippen LogP) is 1.76. The van der Waals surface area contributed by atoms with Gasteiger partial charge < -0.3 is 20.1 Å². The summed E-state index contributed by atoms with van der Waals surface area (Å²) in [6.07, 6.45) is 1.69. The summed E-state index contributed by atoms with van der Waals surface area (Å²) in [5.74, 6) is 0.0358. The molecular formula is C13H17N3O5. The highest BCUT2D eigenvalue weighted by Gasteiger charge is 2.23. The van der Waals surface area contributed by atoms with Crippen LogP contribution in [0.5, 0.6) is 5.75 Å².